The van der Waals surface area contributed by atoms with Crippen molar-refractivity contribution in [2.24, 2.45) is 10.5 Å². The Labute approximate surface area is 231 Å². The molecular formula is C31H31N3O6. The van der Waals surface area contributed by atoms with E-state index < -0.39 is 0 Å². The van der Waals surface area contributed by atoms with E-state index in [1.54, 1.807) is 63.9 Å². The lowest BCUT2D eigenvalue weighted by atomic mass is 9.99. The van der Waals surface area contributed by atoms with Crippen LogP contribution < -0.4 is 24.5 Å². The molecule has 206 valence electrons. The molecular weight excluding hydrogens is 510 g/mol. The van der Waals surface area contributed by atoms with Crippen LogP contribution in [0.1, 0.15) is 26.3 Å². The molecule has 0 unspecified atom stereocenters. The van der Waals surface area contributed by atoms with E-state index in [-0.39, 0.29) is 16.8 Å². The Morgan fingerprint density at radius 1 is 0.900 bits per heavy atom. The van der Waals surface area contributed by atoms with Crippen molar-refractivity contribution in [1.29, 1.82) is 0 Å². The van der Waals surface area contributed by atoms with Gasteiger partial charge in [0.15, 0.2) is 17.3 Å². The van der Waals surface area contributed by atoms with E-state index in [1.165, 1.54) is 4.68 Å². The first-order valence-corrected chi connectivity index (χ1v) is 12.7. The molecule has 40 heavy (non-hydrogen) atoms. The average Bonchev–Trinajstić information content (AvgIpc) is 3.39. The fourth-order valence-corrected chi connectivity index (χ4v) is 4.24. The minimum absolute atomic E-state index is 0.0581. The molecule has 0 N–H and O–H groups in total. The summed E-state index contributed by atoms with van der Waals surface area (Å²) in [6.45, 7) is 6.71. The van der Waals surface area contributed by atoms with E-state index in [4.69, 9.17) is 28.3 Å². The van der Waals surface area contributed by atoms with Gasteiger partial charge in [-0.25, -0.2) is 4.98 Å². The number of aromatic nitrogens is 2. The number of fused-ring (bicyclic) bond motifs is 2. The lowest BCUT2D eigenvalue weighted by Crippen LogP contribution is -2.20. The van der Waals surface area contributed by atoms with Crippen molar-refractivity contribution in [3.8, 4) is 34.6 Å². The molecule has 5 rings (SSSR count). The second-order valence-corrected chi connectivity index (χ2v) is 10.4. The van der Waals surface area contributed by atoms with Crippen molar-refractivity contribution in [2.45, 2.75) is 20.8 Å². The van der Waals surface area contributed by atoms with Gasteiger partial charge in [0.25, 0.3) is 5.56 Å². The SMILES string of the molecule is COc1cc(C=Nn2c(-c3cc4c(OC)cccc4o3)nc3ccccc3c2=O)cc(OC)c1OCC(C)(C)C. The van der Waals surface area contributed by atoms with Crippen LogP contribution >= 0.6 is 0 Å². The van der Waals surface area contributed by atoms with Crippen LogP contribution in [0, 0.1) is 5.41 Å². The maximum absolute atomic E-state index is 13.6. The van der Waals surface area contributed by atoms with E-state index in [2.05, 4.69) is 25.9 Å². The number of furan rings is 1. The molecule has 0 saturated heterocycles. The van der Waals surface area contributed by atoms with Crippen LogP contribution in [-0.4, -0.2) is 43.8 Å². The highest BCUT2D eigenvalue weighted by atomic mass is 16.5. The first-order chi connectivity index (χ1) is 19.2. The van der Waals surface area contributed by atoms with Crippen molar-refractivity contribution in [3.05, 3.63) is 76.6 Å². The zero-order valence-electron chi connectivity index (χ0n) is 23.3. The molecule has 0 fully saturated rings. The van der Waals surface area contributed by atoms with Gasteiger partial charge in [0.2, 0.25) is 11.6 Å². The Morgan fingerprint density at radius 2 is 1.60 bits per heavy atom. The molecule has 0 aliphatic rings. The smallest absolute Gasteiger partial charge is 0.282 e. The zero-order valence-corrected chi connectivity index (χ0v) is 23.3. The Kier molecular flexibility index (Phi) is 7.21. The van der Waals surface area contributed by atoms with Gasteiger partial charge in [0, 0.05) is 5.56 Å². The molecule has 3 aromatic carbocycles. The molecule has 0 radical (unpaired) electrons. The van der Waals surface area contributed by atoms with E-state index in [9.17, 15) is 4.79 Å². The lowest BCUT2D eigenvalue weighted by Gasteiger charge is -2.21. The quantitative estimate of drug-likeness (QED) is 0.218. The minimum atomic E-state index is -0.340. The molecule has 0 aliphatic heterocycles. The molecule has 9 nitrogen and oxygen atoms in total. The number of nitrogens with zero attached hydrogens (tertiary/aromatic N) is 3. The predicted molar refractivity (Wildman–Crippen MR) is 155 cm³/mol. The van der Waals surface area contributed by atoms with E-state index in [0.29, 0.717) is 57.4 Å². The van der Waals surface area contributed by atoms with Crippen molar-refractivity contribution in [3.63, 3.8) is 0 Å². The van der Waals surface area contributed by atoms with Gasteiger partial charge in [-0.15, -0.1) is 0 Å². The van der Waals surface area contributed by atoms with Gasteiger partial charge in [-0.05, 0) is 47.9 Å². The molecule has 0 spiro atoms. The molecule has 2 heterocycles. The number of rotatable bonds is 8. The van der Waals surface area contributed by atoms with Crippen LogP contribution in [0.3, 0.4) is 0 Å². The number of hydrogen-bond donors (Lipinski definition) is 0. The van der Waals surface area contributed by atoms with Crippen LogP contribution in [-0.2, 0) is 0 Å². The molecule has 0 amide bonds. The molecule has 5 aromatic rings. The number of hydrogen-bond acceptors (Lipinski definition) is 8. The molecule has 0 bridgehead atoms. The van der Waals surface area contributed by atoms with Gasteiger partial charge in [-0.2, -0.15) is 9.78 Å². The average molecular weight is 542 g/mol. The van der Waals surface area contributed by atoms with E-state index in [0.717, 1.165) is 5.39 Å². The summed E-state index contributed by atoms with van der Waals surface area (Å²) in [5.74, 6) is 2.75. The van der Waals surface area contributed by atoms with Crippen LogP contribution in [0.15, 0.2) is 75.0 Å². The van der Waals surface area contributed by atoms with Crippen LogP contribution in [0.4, 0.5) is 0 Å². The third kappa shape index (κ3) is 5.22. The Morgan fingerprint density at radius 3 is 2.27 bits per heavy atom. The van der Waals surface area contributed by atoms with E-state index >= 15 is 0 Å². The van der Waals surface area contributed by atoms with Crippen LogP contribution in [0.2, 0.25) is 0 Å². The highest BCUT2D eigenvalue weighted by molar-refractivity contribution is 5.89. The van der Waals surface area contributed by atoms with E-state index in [1.807, 2.05) is 24.3 Å². The second-order valence-electron chi connectivity index (χ2n) is 10.4. The Balaban J connectivity index is 1.64. The molecule has 9 heteroatoms. The summed E-state index contributed by atoms with van der Waals surface area (Å²) >= 11 is 0. The molecule has 0 saturated carbocycles. The largest absolute Gasteiger partial charge is 0.496 e. The third-order valence-electron chi connectivity index (χ3n) is 6.17. The van der Waals surface area contributed by atoms with Gasteiger partial charge in [-0.3, -0.25) is 4.79 Å². The number of methoxy groups -OCH3 is 3. The Hall–Kier alpha value is -4.79. The summed E-state index contributed by atoms with van der Waals surface area (Å²) in [6.07, 6.45) is 1.54. The first-order valence-electron chi connectivity index (χ1n) is 12.7. The maximum Gasteiger partial charge on any atom is 0.282 e. The lowest BCUT2D eigenvalue weighted by molar-refractivity contribution is 0.184. The van der Waals surface area contributed by atoms with Gasteiger partial charge < -0.3 is 23.4 Å². The summed E-state index contributed by atoms with van der Waals surface area (Å²) in [5, 5.41) is 5.75. The first kappa shape index (κ1) is 26.8. The fraction of sp³-hybridized carbons (Fsp3) is 0.258. The van der Waals surface area contributed by atoms with Gasteiger partial charge >= 0.3 is 0 Å². The number of para-hydroxylation sites is 1. The second kappa shape index (κ2) is 10.8. The van der Waals surface area contributed by atoms with Gasteiger partial charge in [-0.1, -0.05) is 39.0 Å². The summed E-state index contributed by atoms with van der Waals surface area (Å²) in [6, 6.07) is 18.0. The molecule has 0 aliphatic carbocycles. The van der Waals surface area contributed by atoms with Crippen molar-refractivity contribution in [1.82, 2.24) is 9.66 Å². The van der Waals surface area contributed by atoms with Crippen LogP contribution in [0.25, 0.3) is 33.5 Å². The Bertz CT molecular complexity index is 1750. The molecule has 2 aromatic heterocycles. The predicted octanol–water partition coefficient (Wildman–Crippen LogP) is 6.14. The number of benzene rings is 3. The standard InChI is InChI=1S/C31H31N3O6/c1-31(2,3)18-39-28-25(37-5)14-19(15-26(28)38-6)17-32-34-29(33-22-11-8-7-10-20(22)30(34)35)27-16-21-23(36-4)12-9-13-24(21)40-27/h7-17H,18H2,1-6H3. The third-order valence-corrected chi connectivity index (χ3v) is 6.17. The van der Waals surface area contributed by atoms with Crippen molar-refractivity contribution in [2.75, 3.05) is 27.9 Å². The monoisotopic (exact) mass is 541 g/mol. The minimum Gasteiger partial charge on any atom is -0.496 e. The molecule has 0 atom stereocenters. The van der Waals surface area contributed by atoms with Crippen LogP contribution in [0.5, 0.6) is 23.0 Å². The zero-order chi connectivity index (χ0) is 28.4. The number of ether oxygens (including phenoxy) is 4. The topological polar surface area (TPSA) is 97.3 Å². The summed E-state index contributed by atoms with van der Waals surface area (Å²) in [4.78, 5) is 18.4. The fourth-order valence-electron chi connectivity index (χ4n) is 4.24. The summed E-state index contributed by atoms with van der Waals surface area (Å²) in [7, 11) is 4.72. The van der Waals surface area contributed by atoms with Gasteiger partial charge in [0.1, 0.15) is 11.3 Å². The van der Waals surface area contributed by atoms with Crippen molar-refractivity contribution >= 4 is 28.1 Å². The highest BCUT2D eigenvalue weighted by Crippen LogP contribution is 2.39. The summed E-state index contributed by atoms with van der Waals surface area (Å²) < 4.78 is 30.1. The van der Waals surface area contributed by atoms with Gasteiger partial charge in [0.05, 0.1) is 50.4 Å². The normalized spacial score (nSPS) is 11.8. The highest BCUT2D eigenvalue weighted by Gasteiger charge is 2.20. The van der Waals surface area contributed by atoms with Crippen molar-refractivity contribution < 1.29 is 23.4 Å². The summed E-state index contributed by atoms with van der Waals surface area (Å²) in [5.41, 5.74) is 1.37. The maximum atomic E-state index is 13.6.